The van der Waals surface area contributed by atoms with E-state index in [-0.39, 0.29) is 0 Å². The molecule has 1 aromatic carbocycles. The van der Waals surface area contributed by atoms with Crippen LogP contribution >= 0.6 is 0 Å². The quantitative estimate of drug-likeness (QED) is 0.754. The Kier molecular flexibility index (Phi) is 6.93. The van der Waals surface area contributed by atoms with Gasteiger partial charge in [-0.05, 0) is 37.4 Å². The fraction of sp³-hybridized carbons (Fsp3) is 0.647. The second-order valence-corrected chi connectivity index (χ2v) is 5.63. The van der Waals surface area contributed by atoms with Crippen LogP contribution in [0.5, 0.6) is 0 Å². The predicted octanol–water partition coefficient (Wildman–Crippen LogP) is 4.23. The Balaban J connectivity index is 2.82. The summed E-state index contributed by atoms with van der Waals surface area (Å²) in [6.07, 6.45) is 2.41. The standard InChI is InChI=1S/C17H30N2/c1-6-12-18-15(4)16-10-8-9-11-17(16)19(5)13-14(3)7-2/h8-11,14-15,18H,6-7,12-13H2,1-5H3. The first-order valence-electron chi connectivity index (χ1n) is 7.63. The van der Waals surface area contributed by atoms with Gasteiger partial charge in [0, 0.05) is 25.3 Å². The molecule has 0 spiro atoms. The van der Waals surface area contributed by atoms with Gasteiger partial charge in [-0.3, -0.25) is 0 Å². The monoisotopic (exact) mass is 262 g/mol. The number of nitrogens with zero attached hydrogens (tertiary/aromatic N) is 1. The van der Waals surface area contributed by atoms with E-state index >= 15 is 0 Å². The molecule has 0 aliphatic rings. The molecular formula is C17H30N2. The summed E-state index contributed by atoms with van der Waals surface area (Å²) in [5, 5.41) is 3.58. The van der Waals surface area contributed by atoms with Crippen LogP contribution in [-0.2, 0) is 0 Å². The lowest BCUT2D eigenvalue weighted by Gasteiger charge is -2.27. The summed E-state index contributed by atoms with van der Waals surface area (Å²) < 4.78 is 0. The number of hydrogen-bond acceptors (Lipinski definition) is 2. The lowest BCUT2D eigenvalue weighted by Crippen LogP contribution is -2.27. The van der Waals surface area contributed by atoms with Gasteiger partial charge in [-0.1, -0.05) is 45.4 Å². The third kappa shape index (κ3) is 4.87. The van der Waals surface area contributed by atoms with Crippen LogP contribution in [0.1, 0.15) is 52.1 Å². The molecule has 0 amide bonds. The summed E-state index contributed by atoms with van der Waals surface area (Å²) in [6.45, 7) is 11.2. The van der Waals surface area contributed by atoms with Crippen molar-refractivity contribution in [1.82, 2.24) is 5.32 Å². The van der Waals surface area contributed by atoms with Gasteiger partial charge in [0.1, 0.15) is 0 Å². The van der Waals surface area contributed by atoms with E-state index in [9.17, 15) is 0 Å². The van der Waals surface area contributed by atoms with E-state index in [0.717, 1.165) is 19.0 Å². The zero-order valence-electron chi connectivity index (χ0n) is 13.2. The van der Waals surface area contributed by atoms with E-state index in [1.54, 1.807) is 0 Å². The normalized spacial score (nSPS) is 14.2. The van der Waals surface area contributed by atoms with Gasteiger partial charge in [-0.2, -0.15) is 0 Å². The first kappa shape index (κ1) is 16.0. The predicted molar refractivity (Wildman–Crippen MR) is 85.9 cm³/mol. The van der Waals surface area contributed by atoms with E-state index in [1.165, 1.54) is 24.1 Å². The van der Waals surface area contributed by atoms with Gasteiger partial charge in [0.05, 0.1) is 0 Å². The minimum absolute atomic E-state index is 0.413. The van der Waals surface area contributed by atoms with Crippen LogP contribution in [0.3, 0.4) is 0 Å². The maximum absolute atomic E-state index is 3.58. The molecule has 0 bridgehead atoms. The molecule has 0 saturated carbocycles. The number of para-hydroxylation sites is 1. The summed E-state index contributed by atoms with van der Waals surface area (Å²) >= 11 is 0. The van der Waals surface area contributed by atoms with Crippen molar-refractivity contribution in [3.63, 3.8) is 0 Å². The number of anilines is 1. The maximum Gasteiger partial charge on any atom is 0.0412 e. The SMILES string of the molecule is CCCNC(C)c1ccccc1N(C)CC(C)CC. The van der Waals surface area contributed by atoms with Crippen molar-refractivity contribution in [2.24, 2.45) is 5.92 Å². The Morgan fingerprint density at radius 3 is 2.47 bits per heavy atom. The molecule has 19 heavy (non-hydrogen) atoms. The lowest BCUT2D eigenvalue weighted by atomic mass is 10.0. The van der Waals surface area contributed by atoms with Crippen LogP contribution < -0.4 is 10.2 Å². The number of benzene rings is 1. The Labute approximate surface area is 119 Å². The molecule has 108 valence electrons. The van der Waals surface area contributed by atoms with Gasteiger partial charge in [0.2, 0.25) is 0 Å². The average Bonchev–Trinajstić information content (AvgIpc) is 2.44. The van der Waals surface area contributed by atoms with Crippen molar-refractivity contribution in [1.29, 1.82) is 0 Å². The molecule has 2 nitrogen and oxygen atoms in total. The summed E-state index contributed by atoms with van der Waals surface area (Å²) in [6, 6.07) is 9.17. The van der Waals surface area contributed by atoms with Crippen LogP contribution in [-0.4, -0.2) is 20.1 Å². The smallest absolute Gasteiger partial charge is 0.0412 e. The second-order valence-electron chi connectivity index (χ2n) is 5.63. The summed E-state index contributed by atoms with van der Waals surface area (Å²) in [5.74, 6) is 0.733. The summed E-state index contributed by atoms with van der Waals surface area (Å²) in [7, 11) is 2.21. The number of hydrogen-bond donors (Lipinski definition) is 1. The average molecular weight is 262 g/mol. The molecule has 1 aromatic rings. The molecule has 0 heterocycles. The minimum Gasteiger partial charge on any atom is -0.374 e. The number of rotatable bonds is 8. The van der Waals surface area contributed by atoms with Crippen LogP contribution in [0, 0.1) is 5.92 Å². The van der Waals surface area contributed by atoms with Crippen LogP contribution in [0.15, 0.2) is 24.3 Å². The van der Waals surface area contributed by atoms with E-state index in [2.05, 4.69) is 69.2 Å². The molecule has 0 aromatic heterocycles. The first-order chi connectivity index (χ1) is 9.10. The van der Waals surface area contributed by atoms with Crippen molar-refractivity contribution in [3.05, 3.63) is 29.8 Å². The lowest BCUT2D eigenvalue weighted by molar-refractivity contribution is 0.549. The highest BCUT2D eigenvalue weighted by Gasteiger charge is 2.13. The Morgan fingerprint density at radius 1 is 1.16 bits per heavy atom. The van der Waals surface area contributed by atoms with Gasteiger partial charge in [0.15, 0.2) is 0 Å². The highest BCUT2D eigenvalue weighted by Crippen LogP contribution is 2.26. The molecular weight excluding hydrogens is 232 g/mol. The van der Waals surface area contributed by atoms with Crippen molar-refractivity contribution in [3.8, 4) is 0 Å². The minimum atomic E-state index is 0.413. The number of nitrogens with one attached hydrogen (secondary N) is 1. The molecule has 0 radical (unpaired) electrons. The molecule has 2 atom stereocenters. The molecule has 0 saturated heterocycles. The summed E-state index contributed by atoms with van der Waals surface area (Å²) in [5.41, 5.74) is 2.76. The Morgan fingerprint density at radius 2 is 1.84 bits per heavy atom. The van der Waals surface area contributed by atoms with E-state index < -0.39 is 0 Å². The third-order valence-electron chi connectivity index (χ3n) is 3.80. The van der Waals surface area contributed by atoms with E-state index in [1.807, 2.05) is 0 Å². The van der Waals surface area contributed by atoms with Crippen molar-refractivity contribution < 1.29 is 0 Å². The Bertz CT molecular complexity index is 362. The largest absolute Gasteiger partial charge is 0.374 e. The molecule has 1 N–H and O–H groups in total. The second kappa shape index (κ2) is 8.21. The fourth-order valence-corrected chi connectivity index (χ4v) is 2.37. The van der Waals surface area contributed by atoms with Gasteiger partial charge >= 0.3 is 0 Å². The van der Waals surface area contributed by atoms with Gasteiger partial charge in [0.25, 0.3) is 0 Å². The van der Waals surface area contributed by atoms with Gasteiger partial charge < -0.3 is 10.2 Å². The molecule has 1 rings (SSSR count). The fourth-order valence-electron chi connectivity index (χ4n) is 2.37. The zero-order valence-corrected chi connectivity index (χ0v) is 13.2. The van der Waals surface area contributed by atoms with Gasteiger partial charge in [-0.15, -0.1) is 0 Å². The zero-order chi connectivity index (χ0) is 14.3. The topological polar surface area (TPSA) is 15.3 Å². The van der Waals surface area contributed by atoms with Crippen molar-refractivity contribution in [2.75, 3.05) is 25.0 Å². The third-order valence-corrected chi connectivity index (χ3v) is 3.80. The molecule has 0 fully saturated rings. The van der Waals surface area contributed by atoms with Crippen LogP contribution in [0.2, 0.25) is 0 Å². The highest BCUT2D eigenvalue weighted by atomic mass is 15.1. The maximum atomic E-state index is 3.58. The Hall–Kier alpha value is -1.02. The molecule has 2 unspecified atom stereocenters. The molecule has 0 aliphatic carbocycles. The summed E-state index contributed by atoms with van der Waals surface area (Å²) in [4.78, 5) is 2.40. The molecule has 2 heteroatoms. The van der Waals surface area contributed by atoms with Crippen molar-refractivity contribution >= 4 is 5.69 Å². The van der Waals surface area contributed by atoms with Gasteiger partial charge in [-0.25, -0.2) is 0 Å². The van der Waals surface area contributed by atoms with Crippen LogP contribution in [0.4, 0.5) is 5.69 Å². The highest BCUT2D eigenvalue weighted by molar-refractivity contribution is 5.54. The molecule has 0 aliphatic heterocycles. The van der Waals surface area contributed by atoms with Crippen LogP contribution in [0.25, 0.3) is 0 Å². The van der Waals surface area contributed by atoms with Crippen molar-refractivity contribution in [2.45, 2.75) is 46.6 Å². The first-order valence-corrected chi connectivity index (χ1v) is 7.63. The van der Waals surface area contributed by atoms with E-state index in [0.29, 0.717) is 6.04 Å². The van der Waals surface area contributed by atoms with E-state index in [4.69, 9.17) is 0 Å².